The molecule has 0 fully saturated rings. The van der Waals surface area contributed by atoms with Gasteiger partial charge in [-0.05, 0) is 37.8 Å². The average Bonchev–Trinajstić information content (AvgIpc) is 2.99. The monoisotopic (exact) mass is 306 g/mol. The van der Waals surface area contributed by atoms with Crippen molar-refractivity contribution in [3.63, 3.8) is 0 Å². The van der Waals surface area contributed by atoms with Crippen molar-refractivity contribution in [1.29, 1.82) is 0 Å². The zero-order valence-corrected chi connectivity index (χ0v) is 13.7. The van der Waals surface area contributed by atoms with E-state index in [1.165, 1.54) is 53.8 Å². The number of hydrogen-bond acceptors (Lipinski definition) is 1. The zero-order chi connectivity index (χ0) is 14.9. The van der Waals surface area contributed by atoms with Crippen molar-refractivity contribution in [1.82, 2.24) is 0 Å². The lowest BCUT2D eigenvalue weighted by Gasteiger charge is -2.11. The molecule has 0 unspecified atom stereocenters. The van der Waals surface area contributed by atoms with E-state index < -0.39 is 0 Å². The van der Waals surface area contributed by atoms with E-state index in [2.05, 4.69) is 65.5 Å². The highest BCUT2D eigenvalue weighted by atomic mass is 32.1. The van der Waals surface area contributed by atoms with Crippen molar-refractivity contribution in [2.45, 2.75) is 32.6 Å². The number of nitrogens with zero attached hydrogens (tertiary/aromatic N) is 1. The number of fused-ring (bicyclic) bond motifs is 1. The molecule has 0 saturated heterocycles. The third-order valence-electron chi connectivity index (χ3n) is 4.54. The molecule has 2 heteroatoms. The lowest BCUT2D eigenvalue weighted by Crippen LogP contribution is -2.35. The third kappa shape index (κ3) is 2.28. The van der Waals surface area contributed by atoms with E-state index in [0.717, 1.165) is 0 Å². The molecule has 0 amide bonds. The number of thiazole rings is 1. The molecule has 3 aromatic rings. The first-order valence-corrected chi connectivity index (χ1v) is 8.89. The Labute approximate surface area is 135 Å². The molecule has 2 aromatic carbocycles. The molecular weight excluding hydrogens is 286 g/mol. The Morgan fingerprint density at radius 3 is 2.59 bits per heavy atom. The molecule has 0 atom stereocenters. The molecule has 1 aliphatic rings. The Balaban J connectivity index is 1.94. The van der Waals surface area contributed by atoms with Gasteiger partial charge in [0, 0.05) is 12.0 Å². The summed E-state index contributed by atoms with van der Waals surface area (Å²) < 4.78 is 2.46. The Bertz CT molecular complexity index is 802. The van der Waals surface area contributed by atoms with Gasteiger partial charge in [0.1, 0.15) is 0 Å². The van der Waals surface area contributed by atoms with E-state index >= 15 is 0 Å². The summed E-state index contributed by atoms with van der Waals surface area (Å²) in [5, 5.41) is 0. The summed E-state index contributed by atoms with van der Waals surface area (Å²) in [6.07, 6.45) is 5.12. The molecule has 4 rings (SSSR count). The van der Waals surface area contributed by atoms with E-state index in [9.17, 15) is 0 Å². The van der Waals surface area contributed by atoms with Gasteiger partial charge < -0.3 is 0 Å². The molecule has 22 heavy (non-hydrogen) atoms. The van der Waals surface area contributed by atoms with Gasteiger partial charge in [0.25, 0.3) is 0 Å². The SMILES string of the molecule is Cc1cccc(-c2ccccc2)c1-[n+]1csc2c1CCCC2. The summed E-state index contributed by atoms with van der Waals surface area (Å²) in [6, 6.07) is 17.4. The quantitative estimate of drug-likeness (QED) is 0.594. The molecule has 110 valence electrons. The molecule has 0 bridgehead atoms. The summed E-state index contributed by atoms with van der Waals surface area (Å²) in [5.41, 5.74) is 9.17. The minimum atomic E-state index is 1.21. The van der Waals surface area contributed by atoms with Crippen LogP contribution in [0.5, 0.6) is 0 Å². The van der Waals surface area contributed by atoms with Crippen LogP contribution in [0.3, 0.4) is 0 Å². The first kappa shape index (κ1) is 13.7. The van der Waals surface area contributed by atoms with Crippen LogP contribution in [0.4, 0.5) is 0 Å². The summed E-state index contributed by atoms with van der Waals surface area (Å²) in [7, 11) is 0. The number of hydrogen-bond donors (Lipinski definition) is 0. The molecule has 0 aliphatic heterocycles. The van der Waals surface area contributed by atoms with Gasteiger partial charge >= 0.3 is 0 Å². The van der Waals surface area contributed by atoms with E-state index in [1.807, 2.05) is 11.3 Å². The van der Waals surface area contributed by atoms with Gasteiger partial charge in [-0.1, -0.05) is 53.8 Å². The van der Waals surface area contributed by atoms with Gasteiger partial charge in [-0.3, -0.25) is 0 Å². The molecular formula is C20H20NS+. The molecule has 1 nitrogen and oxygen atoms in total. The normalized spacial score (nSPS) is 13.9. The predicted octanol–water partition coefficient (Wildman–Crippen LogP) is 4.88. The van der Waals surface area contributed by atoms with Crippen LogP contribution < -0.4 is 4.57 Å². The van der Waals surface area contributed by atoms with Crippen LogP contribution in [0.25, 0.3) is 16.8 Å². The fourth-order valence-electron chi connectivity index (χ4n) is 3.44. The average molecular weight is 306 g/mol. The summed E-state index contributed by atoms with van der Waals surface area (Å²) >= 11 is 1.92. The summed E-state index contributed by atoms with van der Waals surface area (Å²) in [6.45, 7) is 2.22. The van der Waals surface area contributed by atoms with E-state index in [0.29, 0.717) is 0 Å². The highest BCUT2D eigenvalue weighted by Crippen LogP contribution is 2.30. The predicted molar refractivity (Wildman–Crippen MR) is 92.7 cm³/mol. The fraction of sp³-hybridized carbons (Fsp3) is 0.250. The Morgan fingerprint density at radius 2 is 1.73 bits per heavy atom. The minimum absolute atomic E-state index is 1.21. The first-order chi connectivity index (χ1) is 10.8. The fourth-order valence-corrected chi connectivity index (χ4v) is 4.50. The second-order valence-corrected chi connectivity index (χ2v) is 6.95. The zero-order valence-electron chi connectivity index (χ0n) is 12.9. The van der Waals surface area contributed by atoms with Crippen LogP contribution in [0.15, 0.2) is 54.0 Å². The first-order valence-electron chi connectivity index (χ1n) is 8.01. The van der Waals surface area contributed by atoms with Crippen LogP contribution in [0.2, 0.25) is 0 Å². The van der Waals surface area contributed by atoms with Gasteiger partial charge in [0.05, 0.1) is 10.4 Å². The van der Waals surface area contributed by atoms with E-state index in [4.69, 9.17) is 0 Å². The second kappa shape index (κ2) is 5.69. The van der Waals surface area contributed by atoms with Crippen molar-refractivity contribution < 1.29 is 4.57 Å². The topological polar surface area (TPSA) is 3.88 Å². The van der Waals surface area contributed by atoms with Crippen molar-refractivity contribution in [2.24, 2.45) is 0 Å². The van der Waals surface area contributed by atoms with Gasteiger partial charge in [0.15, 0.2) is 0 Å². The largest absolute Gasteiger partial charge is 0.231 e. The van der Waals surface area contributed by atoms with Crippen LogP contribution in [-0.4, -0.2) is 0 Å². The highest BCUT2D eigenvalue weighted by molar-refractivity contribution is 7.09. The molecule has 0 spiro atoms. The molecule has 0 radical (unpaired) electrons. The smallest absolute Gasteiger partial charge is 0.153 e. The molecule has 1 heterocycles. The van der Waals surface area contributed by atoms with Crippen LogP contribution in [0, 0.1) is 6.92 Å². The third-order valence-corrected chi connectivity index (χ3v) is 5.58. The number of aromatic nitrogens is 1. The van der Waals surface area contributed by atoms with Crippen molar-refractivity contribution in [2.75, 3.05) is 0 Å². The maximum absolute atomic E-state index is 2.46. The summed E-state index contributed by atoms with van der Waals surface area (Å²) in [5.74, 6) is 0. The second-order valence-electron chi connectivity index (χ2n) is 6.01. The maximum Gasteiger partial charge on any atom is 0.231 e. The van der Waals surface area contributed by atoms with E-state index in [-0.39, 0.29) is 0 Å². The van der Waals surface area contributed by atoms with Crippen molar-refractivity contribution in [3.05, 3.63) is 70.2 Å². The number of rotatable bonds is 2. The molecule has 0 saturated carbocycles. The standard InChI is InChI=1S/C20H20NS/c1-15-8-7-11-17(16-9-3-2-4-10-16)20(15)21-14-22-19-13-6-5-12-18(19)21/h2-4,7-11,14H,5-6,12-13H2,1H3/q+1. The lowest BCUT2D eigenvalue weighted by molar-refractivity contribution is -0.599. The molecule has 0 N–H and O–H groups in total. The summed E-state index contributed by atoms with van der Waals surface area (Å²) in [4.78, 5) is 1.58. The van der Waals surface area contributed by atoms with Gasteiger partial charge in [-0.2, -0.15) is 4.57 Å². The number of benzene rings is 2. The highest BCUT2D eigenvalue weighted by Gasteiger charge is 2.27. The Morgan fingerprint density at radius 1 is 0.909 bits per heavy atom. The van der Waals surface area contributed by atoms with Gasteiger partial charge in [-0.25, -0.2) is 0 Å². The Hall–Kier alpha value is -1.93. The Kier molecular flexibility index (Phi) is 3.55. The van der Waals surface area contributed by atoms with Crippen molar-refractivity contribution >= 4 is 11.3 Å². The van der Waals surface area contributed by atoms with Crippen molar-refractivity contribution in [3.8, 4) is 16.8 Å². The van der Waals surface area contributed by atoms with Crippen LogP contribution in [0.1, 0.15) is 29.0 Å². The molecule has 1 aliphatic carbocycles. The minimum Gasteiger partial charge on any atom is -0.153 e. The molecule has 1 aromatic heterocycles. The van der Waals surface area contributed by atoms with Gasteiger partial charge in [0.2, 0.25) is 16.9 Å². The maximum atomic E-state index is 2.46. The lowest BCUT2D eigenvalue weighted by atomic mass is 9.98. The number of aryl methyl sites for hydroxylation is 2. The van der Waals surface area contributed by atoms with Crippen LogP contribution >= 0.6 is 11.3 Å². The van der Waals surface area contributed by atoms with Crippen LogP contribution in [-0.2, 0) is 12.8 Å². The number of para-hydroxylation sites is 1. The van der Waals surface area contributed by atoms with E-state index in [1.54, 1.807) is 4.88 Å². The van der Waals surface area contributed by atoms with Gasteiger partial charge in [-0.15, -0.1) is 0 Å².